The fourth-order valence-electron chi connectivity index (χ4n) is 3.69. The van der Waals surface area contributed by atoms with Crippen LogP contribution in [0.2, 0.25) is 0 Å². The van der Waals surface area contributed by atoms with Gasteiger partial charge in [-0.25, -0.2) is 0 Å². The minimum atomic E-state index is 0.00276. The third kappa shape index (κ3) is 11.5. The van der Waals surface area contributed by atoms with Crippen molar-refractivity contribution in [1.82, 2.24) is 0 Å². The van der Waals surface area contributed by atoms with E-state index in [-0.39, 0.29) is 5.54 Å². The Labute approximate surface area is 140 Å². The molecule has 22 heavy (non-hydrogen) atoms. The second-order valence-corrected chi connectivity index (χ2v) is 7.27. The molecule has 0 saturated carbocycles. The van der Waals surface area contributed by atoms with Crippen LogP contribution in [0.4, 0.5) is 0 Å². The Kier molecular flexibility index (Phi) is 15.7. The van der Waals surface area contributed by atoms with Gasteiger partial charge in [0, 0.05) is 19.3 Å². The zero-order valence-electron chi connectivity index (χ0n) is 15.8. The van der Waals surface area contributed by atoms with Crippen LogP contribution in [0.3, 0.4) is 0 Å². The molecule has 2 nitrogen and oxygen atoms in total. The third-order valence-electron chi connectivity index (χ3n) is 5.02. The van der Waals surface area contributed by atoms with E-state index < -0.39 is 0 Å². The highest BCUT2D eigenvalue weighted by Crippen LogP contribution is 2.23. The lowest BCUT2D eigenvalue weighted by atomic mass is 9.84. The van der Waals surface area contributed by atoms with Crippen molar-refractivity contribution < 1.29 is 5.48 Å². The Morgan fingerprint density at radius 1 is 0.545 bits per heavy atom. The molecular formula is C20H43NO. The number of hydrogen-bond acceptors (Lipinski definition) is 1. The van der Waals surface area contributed by atoms with Crippen LogP contribution >= 0.6 is 0 Å². The molecule has 0 atom stereocenters. The van der Waals surface area contributed by atoms with Crippen LogP contribution in [-0.4, -0.2) is 5.54 Å². The van der Waals surface area contributed by atoms with Gasteiger partial charge in [0.15, 0.2) is 0 Å². The van der Waals surface area contributed by atoms with Gasteiger partial charge in [-0.05, 0) is 6.42 Å². The summed E-state index contributed by atoms with van der Waals surface area (Å²) in [6.07, 6.45) is 20.8. The monoisotopic (exact) mass is 313 g/mol. The van der Waals surface area contributed by atoms with Crippen LogP contribution in [0.1, 0.15) is 124 Å². The molecule has 2 heteroatoms. The van der Waals surface area contributed by atoms with Gasteiger partial charge in [-0.1, -0.05) is 97.8 Å². The molecule has 2 N–H and O–H groups in total. The van der Waals surface area contributed by atoms with Gasteiger partial charge in [0.05, 0.1) is 5.54 Å². The lowest BCUT2D eigenvalue weighted by molar-refractivity contribution is -0.673. The van der Waals surface area contributed by atoms with Crippen LogP contribution in [0.25, 0.3) is 0 Å². The van der Waals surface area contributed by atoms with Gasteiger partial charge in [-0.3, -0.25) is 0 Å². The summed E-state index contributed by atoms with van der Waals surface area (Å²) in [5, 5.41) is 11.5. The van der Waals surface area contributed by atoms with Gasteiger partial charge < -0.3 is 10.7 Å². The van der Waals surface area contributed by atoms with E-state index in [1.807, 2.05) is 0 Å². The van der Waals surface area contributed by atoms with Crippen LogP contribution in [0.15, 0.2) is 0 Å². The summed E-state index contributed by atoms with van der Waals surface area (Å²) < 4.78 is 0. The summed E-state index contributed by atoms with van der Waals surface area (Å²) in [6, 6.07) is 0. The minimum Gasteiger partial charge on any atom is -0.635 e. The van der Waals surface area contributed by atoms with E-state index >= 15 is 0 Å². The number of nitrogens with two attached hydrogens (primary N) is 1. The molecule has 134 valence electrons. The third-order valence-corrected chi connectivity index (χ3v) is 5.02. The normalized spacial score (nSPS) is 12.0. The van der Waals surface area contributed by atoms with Crippen molar-refractivity contribution in [3.05, 3.63) is 5.21 Å². The van der Waals surface area contributed by atoms with E-state index in [2.05, 4.69) is 20.8 Å². The van der Waals surface area contributed by atoms with E-state index in [9.17, 15) is 5.21 Å². The predicted molar refractivity (Wildman–Crippen MR) is 98.9 cm³/mol. The van der Waals surface area contributed by atoms with Gasteiger partial charge in [0.1, 0.15) is 0 Å². The summed E-state index contributed by atoms with van der Waals surface area (Å²) >= 11 is 0. The molecule has 0 aromatic heterocycles. The van der Waals surface area contributed by atoms with E-state index in [1.165, 1.54) is 76.1 Å². The summed E-state index contributed by atoms with van der Waals surface area (Å²) in [4.78, 5) is 0. The molecule has 0 bridgehead atoms. The first-order valence-corrected chi connectivity index (χ1v) is 10.2. The minimum absolute atomic E-state index is 0.00276. The number of quaternary nitrogens is 1. The van der Waals surface area contributed by atoms with Crippen molar-refractivity contribution in [3.63, 3.8) is 0 Å². The quantitative estimate of drug-likeness (QED) is 0.256. The highest BCUT2D eigenvalue weighted by molar-refractivity contribution is 4.77. The van der Waals surface area contributed by atoms with E-state index in [4.69, 9.17) is 0 Å². The number of hydroxylamine groups is 1. The molecule has 0 amide bonds. The van der Waals surface area contributed by atoms with Gasteiger partial charge in [-0.15, -0.1) is 0 Å². The number of rotatable bonds is 17. The molecule has 0 fully saturated rings. The SMILES string of the molecule is CCCCCCCCCCCCCC(CCC)(CCC)[NH2+][O-]. The van der Waals surface area contributed by atoms with Crippen molar-refractivity contribution in [2.75, 3.05) is 0 Å². The van der Waals surface area contributed by atoms with Gasteiger partial charge >= 0.3 is 0 Å². The first-order chi connectivity index (χ1) is 10.7. The molecule has 0 saturated heterocycles. The number of unbranched alkanes of at least 4 members (excludes halogenated alkanes) is 10. The maximum absolute atomic E-state index is 11.5. The van der Waals surface area contributed by atoms with Crippen molar-refractivity contribution in [2.45, 2.75) is 129 Å². The Balaban J connectivity index is 3.53. The Morgan fingerprint density at radius 3 is 1.32 bits per heavy atom. The van der Waals surface area contributed by atoms with Crippen molar-refractivity contribution >= 4 is 0 Å². The molecule has 0 rings (SSSR count). The fourth-order valence-corrected chi connectivity index (χ4v) is 3.69. The molecule has 0 aliphatic rings. The molecule has 0 aliphatic carbocycles. The Morgan fingerprint density at radius 2 is 0.955 bits per heavy atom. The average molecular weight is 314 g/mol. The van der Waals surface area contributed by atoms with Crippen LogP contribution in [-0.2, 0) is 0 Å². The summed E-state index contributed by atoms with van der Waals surface area (Å²) in [5.41, 5.74) is 1.28. The number of hydrogen-bond donors (Lipinski definition) is 1. The van der Waals surface area contributed by atoms with Crippen LogP contribution in [0.5, 0.6) is 0 Å². The summed E-state index contributed by atoms with van der Waals surface area (Å²) in [5.74, 6) is 0. The zero-order chi connectivity index (χ0) is 16.5. The van der Waals surface area contributed by atoms with Gasteiger partial charge in [0.25, 0.3) is 0 Å². The lowest BCUT2D eigenvalue weighted by Crippen LogP contribution is -2.91. The average Bonchev–Trinajstić information content (AvgIpc) is 2.53. The second-order valence-electron chi connectivity index (χ2n) is 7.27. The smallest absolute Gasteiger partial charge is 0.0958 e. The Hall–Kier alpha value is -0.0800. The van der Waals surface area contributed by atoms with E-state index in [1.54, 1.807) is 0 Å². The molecule has 0 unspecified atom stereocenters. The highest BCUT2D eigenvalue weighted by atomic mass is 16.5. The first kappa shape index (κ1) is 21.9. The molecular weight excluding hydrogens is 270 g/mol. The largest absolute Gasteiger partial charge is 0.635 e. The first-order valence-electron chi connectivity index (χ1n) is 10.2. The maximum atomic E-state index is 11.5. The summed E-state index contributed by atoms with van der Waals surface area (Å²) in [7, 11) is 0. The predicted octanol–water partition coefficient (Wildman–Crippen LogP) is 6.09. The van der Waals surface area contributed by atoms with Crippen molar-refractivity contribution in [2.24, 2.45) is 0 Å². The Bertz CT molecular complexity index is 212. The lowest BCUT2D eigenvalue weighted by Gasteiger charge is -2.33. The van der Waals surface area contributed by atoms with Gasteiger partial charge in [0.2, 0.25) is 0 Å². The zero-order valence-corrected chi connectivity index (χ0v) is 15.8. The second kappa shape index (κ2) is 15.8. The molecule has 0 radical (unpaired) electrons. The topological polar surface area (TPSA) is 39.7 Å². The highest BCUT2D eigenvalue weighted by Gasteiger charge is 2.28. The van der Waals surface area contributed by atoms with E-state index in [0.29, 0.717) is 0 Å². The molecule has 0 aliphatic heterocycles. The van der Waals surface area contributed by atoms with Crippen molar-refractivity contribution in [3.8, 4) is 0 Å². The summed E-state index contributed by atoms with van der Waals surface area (Å²) in [6.45, 7) is 6.68. The molecule has 0 heterocycles. The maximum Gasteiger partial charge on any atom is 0.0958 e. The van der Waals surface area contributed by atoms with Crippen molar-refractivity contribution in [1.29, 1.82) is 0 Å². The standard InChI is InChI=1S/C20H43NO/c1-4-7-8-9-10-11-12-13-14-15-16-19-20(21-22,17-5-2)18-6-3/h4-19,21H2,1-3H3. The van der Waals surface area contributed by atoms with Gasteiger partial charge in [-0.2, -0.15) is 0 Å². The fraction of sp³-hybridized carbons (Fsp3) is 1.00. The molecule has 0 aromatic rings. The van der Waals surface area contributed by atoms with E-state index in [0.717, 1.165) is 32.1 Å². The molecule has 0 spiro atoms. The van der Waals surface area contributed by atoms with Crippen LogP contribution in [0, 0.1) is 5.21 Å². The molecule has 0 aromatic carbocycles. The van der Waals surface area contributed by atoms with Crippen LogP contribution < -0.4 is 5.48 Å².